The Hall–Kier alpha value is -5.34. The molecule has 0 saturated carbocycles. The summed E-state index contributed by atoms with van der Waals surface area (Å²) in [5.74, 6) is 0. The van der Waals surface area contributed by atoms with E-state index in [-0.39, 0.29) is 6.71 Å². The average Bonchev–Trinajstić information content (AvgIpc) is 3.39. The second-order valence-electron chi connectivity index (χ2n) is 11.3. The summed E-state index contributed by atoms with van der Waals surface area (Å²) in [5, 5.41) is 7.88. The van der Waals surface area contributed by atoms with E-state index in [4.69, 9.17) is 0 Å². The third-order valence-corrected chi connectivity index (χ3v) is 9.05. The smallest absolute Gasteiger partial charge is 0.242 e. The maximum absolute atomic E-state index is 2.47. The second-order valence-corrected chi connectivity index (χ2v) is 11.3. The standard InChI is InChI=1S/C40H26BN/c1-4-12-29(13-5-1)41-35-19-11-10-18-32(35)40-34-24-20-27-22-25-37(33-23-21-28(26-36(40)41)39(34)38(27)33)42(30-14-6-2-7-15-30)31-16-8-3-9-17-31/h1-26H. The summed E-state index contributed by atoms with van der Waals surface area (Å²) in [6.07, 6.45) is 0. The highest BCUT2D eigenvalue weighted by atomic mass is 15.1. The Kier molecular flexibility index (Phi) is 5.06. The maximum atomic E-state index is 2.47. The molecule has 8 aromatic carbocycles. The van der Waals surface area contributed by atoms with Crippen LogP contribution in [0.3, 0.4) is 0 Å². The first-order valence-electron chi connectivity index (χ1n) is 14.7. The molecule has 0 aliphatic carbocycles. The van der Waals surface area contributed by atoms with Crippen molar-refractivity contribution in [2.75, 3.05) is 4.90 Å². The monoisotopic (exact) mass is 531 g/mol. The minimum atomic E-state index is 0.238. The Balaban J connectivity index is 1.36. The van der Waals surface area contributed by atoms with Crippen LogP contribution >= 0.6 is 0 Å². The van der Waals surface area contributed by atoms with Gasteiger partial charge in [-0.1, -0.05) is 144 Å². The van der Waals surface area contributed by atoms with Crippen LogP contribution in [0.1, 0.15) is 0 Å². The van der Waals surface area contributed by atoms with Crippen LogP contribution in [0.5, 0.6) is 0 Å². The molecule has 0 saturated heterocycles. The van der Waals surface area contributed by atoms with E-state index in [9.17, 15) is 0 Å². The summed E-state index contributed by atoms with van der Waals surface area (Å²) in [6, 6.07) is 57.8. The molecule has 0 bridgehead atoms. The molecule has 42 heavy (non-hydrogen) atoms. The van der Waals surface area contributed by atoms with E-state index < -0.39 is 0 Å². The van der Waals surface area contributed by atoms with Crippen molar-refractivity contribution in [3.63, 3.8) is 0 Å². The maximum Gasteiger partial charge on any atom is 0.242 e. The highest BCUT2D eigenvalue weighted by molar-refractivity contribution is 6.99. The van der Waals surface area contributed by atoms with Crippen molar-refractivity contribution in [2.45, 2.75) is 0 Å². The van der Waals surface area contributed by atoms with Crippen LogP contribution in [0.15, 0.2) is 158 Å². The van der Waals surface area contributed by atoms with Gasteiger partial charge >= 0.3 is 0 Å². The SMILES string of the molecule is c1ccc(B2c3ccccc3-c3c2cc2ccc4c(N(c5ccccc5)c5ccccc5)ccc5ccc3c2c54)cc1. The van der Waals surface area contributed by atoms with E-state index in [0.717, 1.165) is 11.4 Å². The van der Waals surface area contributed by atoms with Crippen molar-refractivity contribution < 1.29 is 0 Å². The minimum absolute atomic E-state index is 0.238. The highest BCUT2D eigenvalue weighted by Gasteiger charge is 2.35. The van der Waals surface area contributed by atoms with Gasteiger partial charge in [-0.3, -0.25) is 0 Å². The molecule has 8 aromatic rings. The van der Waals surface area contributed by atoms with Gasteiger partial charge in [0.15, 0.2) is 0 Å². The van der Waals surface area contributed by atoms with E-state index in [0.29, 0.717) is 0 Å². The van der Waals surface area contributed by atoms with Crippen LogP contribution in [-0.2, 0) is 0 Å². The highest BCUT2D eigenvalue weighted by Crippen LogP contribution is 2.45. The predicted molar refractivity (Wildman–Crippen MR) is 181 cm³/mol. The molecule has 194 valence electrons. The summed E-state index contributed by atoms with van der Waals surface area (Å²) in [6.45, 7) is 0.238. The number of hydrogen-bond donors (Lipinski definition) is 0. The van der Waals surface area contributed by atoms with Gasteiger partial charge in [0.05, 0.1) is 5.69 Å². The summed E-state index contributed by atoms with van der Waals surface area (Å²) in [4.78, 5) is 2.39. The minimum Gasteiger partial charge on any atom is -0.310 e. The number of hydrogen-bond acceptors (Lipinski definition) is 1. The van der Waals surface area contributed by atoms with Gasteiger partial charge in [-0.05, 0) is 68.4 Å². The van der Waals surface area contributed by atoms with Gasteiger partial charge in [0, 0.05) is 16.8 Å². The zero-order chi connectivity index (χ0) is 27.6. The van der Waals surface area contributed by atoms with Crippen LogP contribution < -0.4 is 21.3 Å². The number of benzene rings is 8. The predicted octanol–water partition coefficient (Wildman–Crippen LogP) is 8.55. The number of rotatable bonds is 4. The quantitative estimate of drug-likeness (QED) is 0.163. The molecule has 0 spiro atoms. The molecule has 0 atom stereocenters. The molecule has 0 unspecified atom stereocenters. The van der Waals surface area contributed by atoms with E-state index in [1.807, 2.05) is 0 Å². The molecule has 1 heterocycles. The average molecular weight is 531 g/mol. The summed E-state index contributed by atoms with van der Waals surface area (Å²) in [5.41, 5.74) is 10.4. The third kappa shape index (κ3) is 3.33. The van der Waals surface area contributed by atoms with Gasteiger partial charge in [-0.25, -0.2) is 0 Å². The molecule has 2 heteroatoms. The molecule has 1 nitrogen and oxygen atoms in total. The van der Waals surface area contributed by atoms with E-state index in [1.54, 1.807) is 0 Å². The van der Waals surface area contributed by atoms with Crippen LogP contribution in [0, 0.1) is 0 Å². The normalized spacial score (nSPS) is 12.2. The second kappa shape index (κ2) is 9.09. The lowest BCUT2D eigenvalue weighted by Crippen LogP contribution is -2.48. The first-order chi connectivity index (χ1) is 20.9. The molecule has 0 N–H and O–H groups in total. The lowest BCUT2D eigenvalue weighted by Gasteiger charge is -2.27. The Morgan fingerprint density at radius 1 is 0.429 bits per heavy atom. The van der Waals surface area contributed by atoms with Crippen molar-refractivity contribution in [3.05, 3.63) is 158 Å². The molecule has 0 radical (unpaired) electrons. The van der Waals surface area contributed by atoms with Crippen molar-refractivity contribution in [3.8, 4) is 11.1 Å². The van der Waals surface area contributed by atoms with Gasteiger partial charge in [-0.2, -0.15) is 0 Å². The third-order valence-electron chi connectivity index (χ3n) is 9.05. The zero-order valence-corrected chi connectivity index (χ0v) is 23.0. The Morgan fingerprint density at radius 2 is 1.00 bits per heavy atom. The zero-order valence-electron chi connectivity index (χ0n) is 23.0. The number of nitrogens with zero attached hydrogens (tertiary/aromatic N) is 1. The lowest BCUT2D eigenvalue weighted by atomic mass is 9.39. The topological polar surface area (TPSA) is 3.24 Å². The van der Waals surface area contributed by atoms with E-state index in [2.05, 4.69) is 163 Å². The van der Waals surface area contributed by atoms with Crippen molar-refractivity contribution in [1.29, 1.82) is 0 Å². The summed E-state index contributed by atoms with van der Waals surface area (Å²) >= 11 is 0. The van der Waals surface area contributed by atoms with Crippen LogP contribution in [-0.4, -0.2) is 6.71 Å². The molecular weight excluding hydrogens is 505 g/mol. The van der Waals surface area contributed by atoms with Gasteiger partial charge < -0.3 is 4.90 Å². The molecule has 0 fully saturated rings. The number of para-hydroxylation sites is 2. The largest absolute Gasteiger partial charge is 0.310 e. The van der Waals surface area contributed by atoms with E-state index in [1.165, 1.54) is 65.5 Å². The van der Waals surface area contributed by atoms with Gasteiger partial charge in [0.25, 0.3) is 0 Å². The summed E-state index contributed by atoms with van der Waals surface area (Å²) in [7, 11) is 0. The Labute approximate surface area is 245 Å². The first-order valence-corrected chi connectivity index (χ1v) is 14.7. The van der Waals surface area contributed by atoms with Gasteiger partial charge in [0.2, 0.25) is 6.71 Å². The van der Waals surface area contributed by atoms with Crippen molar-refractivity contribution in [1.82, 2.24) is 0 Å². The fourth-order valence-electron chi connectivity index (χ4n) is 7.34. The molecule has 1 aliphatic heterocycles. The molecule has 1 aliphatic rings. The van der Waals surface area contributed by atoms with Crippen LogP contribution in [0.25, 0.3) is 43.4 Å². The van der Waals surface area contributed by atoms with Crippen LogP contribution in [0.2, 0.25) is 0 Å². The number of anilines is 3. The molecule has 0 amide bonds. The fourth-order valence-corrected chi connectivity index (χ4v) is 7.34. The molecular formula is C40H26BN. The first kappa shape index (κ1) is 23.4. The Bertz CT molecular complexity index is 2200. The fraction of sp³-hybridized carbons (Fsp3) is 0. The van der Waals surface area contributed by atoms with Crippen molar-refractivity contribution in [2.24, 2.45) is 0 Å². The lowest BCUT2D eigenvalue weighted by molar-refractivity contribution is 1.30. The van der Waals surface area contributed by atoms with Crippen molar-refractivity contribution >= 4 is 72.5 Å². The Morgan fingerprint density at radius 3 is 1.74 bits per heavy atom. The molecule has 9 rings (SSSR count). The number of fused-ring (bicyclic) bond motifs is 4. The van der Waals surface area contributed by atoms with E-state index >= 15 is 0 Å². The summed E-state index contributed by atoms with van der Waals surface area (Å²) < 4.78 is 0. The molecule has 0 aromatic heterocycles. The van der Waals surface area contributed by atoms with Crippen LogP contribution in [0.4, 0.5) is 17.1 Å². The van der Waals surface area contributed by atoms with Gasteiger partial charge in [-0.15, -0.1) is 0 Å². The van der Waals surface area contributed by atoms with Gasteiger partial charge in [0.1, 0.15) is 0 Å².